The second-order valence-corrected chi connectivity index (χ2v) is 13.1. The number of aliphatic hydroxyl groups is 2. The van der Waals surface area contributed by atoms with Crippen LogP contribution in [-0.4, -0.2) is 64.4 Å². The molecule has 1 aromatic carbocycles. The monoisotopic (exact) mass is 580 g/mol. The van der Waals surface area contributed by atoms with Gasteiger partial charge in [-0.15, -0.1) is 0 Å². The van der Waals surface area contributed by atoms with Gasteiger partial charge in [0.1, 0.15) is 30.2 Å². The van der Waals surface area contributed by atoms with Crippen LogP contribution in [0.3, 0.4) is 0 Å². The highest BCUT2D eigenvalue weighted by atomic mass is 16.6. The molecule has 1 aromatic rings. The van der Waals surface area contributed by atoms with Gasteiger partial charge in [-0.25, -0.2) is 4.79 Å². The standard InChI is InChI=1S/C33H40O9/c1-17-23(36)15-22-28(40-19(3)34)33-18(2)24(42-26(38)14-13-21-11-9-8-10-12-21)16-25(37)31(33,7)27(39)29(41-20(4)35)32(17,33)30(22,5)6/h8-14,17,22,24-25,27-29,37,39H,2,15-16H2,1,3-7H3/b14-13+/t17-,22+,24+,25+,27+,28-,29+,31+,32+,33-/m1/s1. The zero-order chi connectivity index (χ0) is 31.0. The minimum absolute atomic E-state index is 0.0855. The summed E-state index contributed by atoms with van der Waals surface area (Å²) in [5.41, 5.74) is -4.09. The second kappa shape index (κ2) is 9.88. The number of carbonyl (C=O) groups is 4. The van der Waals surface area contributed by atoms with Gasteiger partial charge in [-0.1, -0.05) is 64.6 Å². The largest absolute Gasteiger partial charge is 0.461 e. The molecule has 4 fully saturated rings. The highest BCUT2D eigenvalue weighted by Gasteiger charge is 2.93. The molecule has 0 radical (unpaired) electrons. The maximum atomic E-state index is 13.7. The highest BCUT2D eigenvalue weighted by molar-refractivity contribution is 5.88. The van der Waals surface area contributed by atoms with Gasteiger partial charge < -0.3 is 24.4 Å². The van der Waals surface area contributed by atoms with Gasteiger partial charge in [0.25, 0.3) is 0 Å². The van der Waals surface area contributed by atoms with E-state index in [-0.39, 0.29) is 18.6 Å². The van der Waals surface area contributed by atoms with E-state index in [4.69, 9.17) is 14.2 Å². The van der Waals surface area contributed by atoms with Crippen molar-refractivity contribution < 1.29 is 43.6 Å². The molecule has 2 spiro atoms. The molecule has 0 aliphatic heterocycles. The zero-order valence-electron chi connectivity index (χ0n) is 25.0. The third-order valence-electron chi connectivity index (χ3n) is 11.3. The van der Waals surface area contributed by atoms with Crippen molar-refractivity contribution in [3.63, 3.8) is 0 Å². The van der Waals surface area contributed by atoms with Crippen LogP contribution in [0.25, 0.3) is 6.08 Å². The zero-order valence-corrected chi connectivity index (χ0v) is 25.0. The van der Waals surface area contributed by atoms with Crippen LogP contribution in [0.1, 0.15) is 59.9 Å². The summed E-state index contributed by atoms with van der Waals surface area (Å²) in [5.74, 6) is -3.40. The number of benzene rings is 1. The average molecular weight is 581 g/mol. The molecule has 226 valence electrons. The van der Waals surface area contributed by atoms with Crippen LogP contribution >= 0.6 is 0 Å². The fourth-order valence-electron chi connectivity index (χ4n) is 9.84. The summed E-state index contributed by atoms with van der Waals surface area (Å²) in [6.45, 7) is 14.2. The van der Waals surface area contributed by atoms with Crippen LogP contribution in [0.5, 0.6) is 0 Å². The number of esters is 3. The van der Waals surface area contributed by atoms with E-state index >= 15 is 0 Å². The van der Waals surface area contributed by atoms with Gasteiger partial charge in [0.2, 0.25) is 0 Å². The fraction of sp³-hybridized carbons (Fsp3) is 0.576. The molecule has 9 nitrogen and oxygen atoms in total. The van der Waals surface area contributed by atoms with Crippen LogP contribution in [-0.2, 0) is 33.4 Å². The molecule has 9 heteroatoms. The molecule has 10 atom stereocenters. The Labute approximate surface area is 245 Å². The smallest absolute Gasteiger partial charge is 0.331 e. The lowest BCUT2D eigenvalue weighted by atomic mass is 9.42. The molecule has 4 aliphatic carbocycles. The van der Waals surface area contributed by atoms with Crippen LogP contribution in [0, 0.1) is 33.5 Å². The Morgan fingerprint density at radius 3 is 2.17 bits per heavy atom. The first kappa shape index (κ1) is 30.2. The summed E-state index contributed by atoms with van der Waals surface area (Å²) < 4.78 is 18.0. The lowest BCUT2D eigenvalue weighted by Crippen LogP contribution is -2.66. The molecule has 2 N–H and O–H groups in total. The van der Waals surface area contributed by atoms with Gasteiger partial charge in [0.15, 0.2) is 0 Å². The first-order valence-electron chi connectivity index (χ1n) is 14.5. The van der Waals surface area contributed by atoms with Crippen molar-refractivity contribution in [1.29, 1.82) is 0 Å². The second-order valence-electron chi connectivity index (χ2n) is 13.1. The third kappa shape index (κ3) is 3.56. The van der Waals surface area contributed by atoms with Crippen LogP contribution in [0.4, 0.5) is 0 Å². The average Bonchev–Trinajstić information content (AvgIpc) is 3.15. The SMILES string of the molecule is C=C1[C@@H](OC(=O)/C=C/c2ccccc2)C[C@H](O)[C@@]2(C)[C@@H](O)[C@H](OC(C)=O)[C@]34[C@H](C)C(=O)C[C@@H]([C@@H](OC(C)=O)[C@]123)C4(C)C. The van der Waals surface area contributed by atoms with E-state index in [2.05, 4.69) is 6.58 Å². The summed E-state index contributed by atoms with van der Waals surface area (Å²) in [6.07, 6.45) is -3.18. The molecule has 0 saturated heterocycles. The Kier molecular flexibility index (Phi) is 7.09. The number of ketones is 1. The topological polar surface area (TPSA) is 136 Å². The summed E-state index contributed by atoms with van der Waals surface area (Å²) in [4.78, 5) is 52.1. The minimum Gasteiger partial charge on any atom is -0.461 e. The number of ether oxygens (including phenoxy) is 3. The molecule has 42 heavy (non-hydrogen) atoms. The number of carbonyl (C=O) groups excluding carboxylic acids is 4. The first-order chi connectivity index (χ1) is 19.6. The number of rotatable bonds is 5. The van der Waals surface area contributed by atoms with E-state index in [0.717, 1.165) is 5.56 Å². The van der Waals surface area contributed by atoms with Gasteiger partial charge in [-0.05, 0) is 22.6 Å². The molecule has 0 amide bonds. The number of hydrogen-bond donors (Lipinski definition) is 2. The van der Waals surface area contributed by atoms with Crippen molar-refractivity contribution in [2.24, 2.45) is 33.5 Å². The highest BCUT2D eigenvalue weighted by Crippen LogP contribution is 2.86. The Hall–Kier alpha value is -3.30. The van der Waals surface area contributed by atoms with Crippen LogP contribution in [0.2, 0.25) is 0 Å². The maximum absolute atomic E-state index is 13.7. The van der Waals surface area contributed by atoms with Gasteiger partial charge in [0, 0.05) is 55.4 Å². The molecule has 0 unspecified atom stereocenters. The van der Waals surface area contributed by atoms with Crippen molar-refractivity contribution in [2.75, 3.05) is 0 Å². The van der Waals surface area contributed by atoms with Gasteiger partial charge >= 0.3 is 17.9 Å². The van der Waals surface area contributed by atoms with Crippen LogP contribution in [0.15, 0.2) is 48.6 Å². The maximum Gasteiger partial charge on any atom is 0.331 e. The van der Waals surface area contributed by atoms with Gasteiger partial charge in [-0.2, -0.15) is 0 Å². The van der Waals surface area contributed by atoms with Crippen molar-refractivity contribution in [1.82, 2.24) is 0 Å². The quantitative estimate of drug-likeness (QED) is 0.232. The number of hydrogen-bond acceptors (Lipinski definition) is 9. The Morgan fingerprint density at radius 1 is 0.976 bits per heavy atom. The van der Waals surface area contributed by atoms with Crippen molar-refractivity contribution in [3.05, 3.63) is 54.1 Å². The summed E-state index contributed by atoms with van der Waals surface area (Å²) in [6, 6.07) is 9.20. The normalized spacial score (nSPS) is 41.7. The molecule has 5 rings (SSSR count). The van der Waals surface area contributed by atoms with Gasteiger partial charge in [0.05, 0.1) is 11.5 Å². The fourth-order valence-corrected chi connectivity index (χ4v) is 9.84. The van der Waals surface area contributed by atoms with Crippen molar-refractivity contribution >= 4 is 29.8 Å². The third-order valence-corrected chi connectivity index (χ3v) is 11.3. The van der Waals surface area contributed by atoms with E-state index in [0.29, 0.717) is 5.57 Å². The summed E-state index contributed by atoms with van der Waals surface area (Å²) >= 11 is 0. The van der Waals surface area contributed by atoms with Crippen molar-refractivity contribution in [2.45, 2.75) is 84.9 Å². The Morgan fingerprint density at radius 2 is 1.57 bits per heavy atom. The number of Topliss-reactive ketones (excluding diaryl/α,β-unsaturated/α-hetero) is 1. The summed E-state index contributed by atoms with van der Waals surface area (Å²) in [5, 5.41) is 24.0. The van der Waals surface area contributed by atoms with Crippen molar-refractivity contribution in [3.8, 4) is 0 Å². The van der Waals surface area contributed by atoms with E-state index in [9.17, 15) is 29.4 Å². The first-order valence-corrected chi connectivity index (χ1v) is 14.5. The van der Waals surface area contributed by atoms with Crippen LogP contribution < -0.4 is 0 Å². The van der Waals surface area contributed by atoms with E-state index in [1.54, 1.807) is 19.9 Å². The molecule has 0 heterocycles. The lowest BCUT2D eigenvalue weighted by molar-refractivity contribution is -0.203. The molecular formula is C33H40O9. The Balaban J connectivity index is 1.72. The minimum atomic E-state index is -1.50. The molecule has 2 bridgehead atoms. The molecule has 4 aliphatic rings. The Bertz CT molecular complexity index is 1360. The summed E-state index contributed by atoms with van der Waals surface area (Å²) in [7, 11) is 0. The van der Waals surface area contributed by atoms with E-state index in [1.807, 2.05) is 44.2 Å². The lowest BCUT2D eigenvalue weighted by Gasteiger charge is -2.61. The van der Waals surface area contributed by atoms with E-state index < -0.39 is 81.9 Å². The number of fused-ring (bicyclic) bond motifs is 1. The molecule has 4 saturated carbocycles. The molecular weight excluding hydrogens is 540 g/mol. The number of aliphatic hydroxyl groups excluding tert-OH is 2. The van der Waals surface area contributed by atoms with E-state index in [1.165, 1.54) is 19.9 Å². The molecule has 0 aromatic heterocycles. The van der Waals surface area contributed by atoms with Gasteiger partial charge in [-0.3, -0.25) is 14.4 Å². The predicted octanol–water partition coefficient (Wildman–Crippen LogP) is 3.41. The predicted molar refractivity (Wildman–Crippen MR) is 151 cm³/mol.